The van der Waals surface area contributed by atoms with Gasteiger partial charge < -0.3 is 9.64 Å². The lowest BCUT2D eigenvalue weighted by atomic mass is 10.2. The van der Waals surface area contributed by atoms with E-state index < -0.39 is 0 Å². The molecule has 3 heteroatoms. The number of amides is 1. The van der Waals surface area contributed by atoms with E-state index in [1.54, 1.807) is 0 Å². The molecule has 1 saturated heterocycles. The van der Waals surface area contributed by atoms with Gasteiger partial charge in [-0.3, -0.25) is 4.79 Å². The highest BCUT2D eigenvalue weighted by atomic mass is 16.5. The van der Waals surface area contributed by atoms with Gasteiger partial charge in [0.05, 0.1) is 25.3 Å². The smallest absolute Gasteiger partial charge is 0.223 e. The highest BCUT2D eigenvalue weighted by Gasteiger charge is 2.37. The molecule has 1 amide bonds. The highest BCUT2D eigenvalue weighted by molar-refractivity contribution is 5.80. The van der Waals surface area contributed by atoms with Crippen LogP contribution in [-0.2, 0) is 16.1 Å². The van der Waals surface area contributed by atoms with Gasteiger partial charge >= 0.3 is 0 Å². The van der Waals surface area contributed by atoms with E-state index in [1.807, 2.05) is 35.2 Å². The zero-order chi connectivity index (χ0) is 12.4. The summed E-state index contributed by atoms with van der Waals surface area (Å²) in [5.74, 6) is 0.262. The SMILES string of the molecule is O=C1CCC2C=CC(COCc3ccccc3)N12. The average molecular weight is 243 g/mol. The van der Waals surface area contributed by atoms with E-state index in [4.69, 9.17) is 4.74 Å². The van der Waals surface area contributed by atoms with Crippen molar-refractivity contribution in [2.45, 2.75) is 31.5 Å². The first-order valence-corrected chi connectivity index (χ1v) is 6.46. The molecule has 0 aromatic heterocycles. The third-order valence-electron chi connectivity index (χ3n) is 3.61. The summed E-state index contributed by atoms with van der Waals surface area (Å²) >= 11 is 0. The molecule has 2 aliphatic heterocycles. The number of carbonyl (C=O) groups is 1. The summed E-state index contributed by atoms with van der Waals surface area (Å²) in [4.78, 5) is 13.7. The molecule has 0 bridgehead atoms. The Morgan fingerprint density at radius 3 is 2.89 bits per heavy atom. The lowest BCUT2D eigenvalue weighted by Crippen LogP contribution is -2.38. The van der Waals surface area contributed by atoms with Crippen molar-refractivity contribution in [1.29, 1.82) is 0 Å². The molecule has 0 spiro atoms. The Morgan fingerprint density at radius 2 is 2.06 bits per heavy atom. The molecule has 0 saturated carbocycles. The van der Waals surface area contributed by atoms with Crippen molar-refractivity contribution in [1.82, 2.24) is 4.90 Å². The third kappa shape index (κ3) is 2.18. The van der Waals surface area contributed by atoms with Gasteiger partial charge in [-0.25, -0.2) is 0 Å². The summed E-state index contributed by atoms with van der Waals surface area (Å²) in [5, 5.41) is 0. The standard InChI is InChI=1S/C15H17NO2/c17-15-9-8-13-6-7-14(16(13)15)11-18-10-12-4-2-1-3-5-12/h1-7,13-14H,8-11H2. The molecule has 2 aliphatic rings. The van der Waals surface area contributed by atoms with Crippen LogP contribution in [0.25, 0.3) is 0 Å². The Morgan fingerprint density at radius 1 is 1.22 bits per heavy atom. The summed E-state index contributed by atoms with van der Waals surface area (Å²) in [6.45, 7) is 1.20. The molecule has 3 rings (SSSR count). The minimum Gasteiger partial charge on any atom is -0.374 e. The predicted octanol–water partition coefficient (Wildman–Crippen LogP) is 2.13. The second-order valence-electron chi connectivity index (χ2n) is 4.86. The molecular weight excluding hydrogens is 226 g/mol. The Kier molecular flexibility index (Phi) is 3.15. The second-order valence-corrected chi connectivity index (χ2v) is 4.86. The fourth-order valence-electron chi connectivity index (χ4n) is 2.70. The maximum atomic E-state index is 11.7. The van der Waals surface area contributed by atoms with Gasteiger partial charge in [0, 0.05) is 6.42 Å². The molecule has 2 heterocycles. The van der Waals surface area contributed by atoms with Crippen LogP contribution < -0.4 is 0 Å². The van der Waals surface area contributed by atoms with Crippen LogP contribution in [0.2, 0.25) is 0 Å². The van der Waals surface area contributed by atoms with Crippen molar-refractivity contribution in [2.75, 3.05) is 6.61 Å². The van der Waals surface area contributed by atoms with Gasteiger partial charge in [0.15, 0.2) is 0 Å². The van der Waals surface area contributed by atoms with Crippen LogP contribution in [0.4, 0.5) is 0 Å². The zero-order valence-electron chi connectivity index (χ0n) is 10.3. The normalized spacial score (nSPS) is 25.8. The molecule has 2 atom stereocenters. The average Bonchev–Trinajstić information content (AvgIpc) is 2.96. The largest absolute Gasteiger partial charge is 0.374 e. The topological polar surface area (TPSA) is 29.5 Å². The van der Waals surface area contributed by atoms with E-state index in [0.717, 1.165) is 6.42 Å². The van der Waals surface area contributed by atoms with Crippen LogP contribution in [-0.4, -0.2) is 29.5 Å². The monoisotopic (exact) mass is 243 g/mol. The first-order chi connectivity index (χ1) is 8.84. The van der Waals surface area contributed by atoms with Crippen LogP contribution in [0.15, 0.2) is 42.5 Å². The Balaban J connectivity index is 1.52. The van der Waals surface area contributed by atoms with Gasteiger partial charge in [0.2, 0.25) is 5.91 Å². The molecule has 1 aromatic carbocycles. The fraction of sp³-hybridized carbons (Fsp3) is 0.400. The second kappa shape index (κ2) is 4.94. The Hall–Kier alpha value is -1.61. The Labute approximate surface area is 107 Å². The molecule has 94 valence electrons. The van der Waals surface area contributed by atoms with Crippen molar-refractivity contribution < 1.29 is 9.53 Å². The summed E-state index contributed by atoms with van der Waals surface area (Å²) in [6, 6.07) is 10.6. The third-order valence-corrected chi connectivity index (χ3v) is 3.61. The van der Waals surface area contributed by atoms with Crippen molar-refractivity contribution in [3.63, 3.8) is 0 Å². The van der Waals surface area contributed by atoms with E-state index in [2.05, 4.69) is 12.2 Å². The quantitative estimate of drug-likeness (QED) is 0.758. The number of hydrogen-bond acceptors (Lipinski definition) is 2. The number of nitrogens with zero attached hydrogens (tertiary/aromatic N) is 1. The molecular formula is C15H17NO2. The molecule has 0 radical (unpaired) electrons. The number of benzene rings is 1. The molecule has 0 N–H and O–H groups in total. The molecule has 18 heavy (non-hydrogen) atoms. The minimum atomic E-state index is 0.133. The van der Waals surface area contributed by atoms with E-state index in [0.29, 0.717) is 25.7 Å². The van der Waals surface area contributed by atoms with Crippen molar-refractivity contribution in [2.24, 2.45) is 0 Å². The zero-order valence-corrected chi connectivity index (χ0v) is 10.3. The first kappa shape index (κ1) is 11.5. The summed E-state index contributed by atoms with van der Waals surface area (Å²) in [6.07, 6.45) is 5.89. The van der Waals surface area contributed by atoms with Crippen molar-refractivity contribution >= 4 is 5.91 Å². The Bertz CT molecular complexity index is 455. The van der Waals surface area contributed by atoms with Gasteiger partial charge in [-0.1, -0.05) is 42.5 Å². The fourth-order valence-corrected chi connectivity index (χ4v) is 2.70. The van der Waals surface area contributed by atoms with Gasteiger partial charge in [0.25, 0.3) is 0 Å². The van der Waals surface area contributed by atoms with E-state index in [-0.39, 0.29) is 11.9 Å². The minimum absolute atomic E-state index is 0.133. The predicted molar refractivity (Wildman–Crippen MR) is 68.9 cm³/mol. The highest BCUT2D eigenvalue weighted by Crippen LogP contribution is 2.28. The summed E-state index contributed by atoms with van der Waals surface area (Å²) in [5.41, 5.74) is 1.17. The van der Waals surface area contributed by atoms with Crippen molar-refractivity contribution in [3.8, 4) is 0 Å². The molecule has 3 nitrogen and oxygen atoms in total. The van der Waals surface area contributed by atoms with Crippen LogP contribution in [0.1, 0.15) is 18.4 Å². The van der Waals surface area contributed by atoms with Crippen LogP contribution >= 0.6 is 0 Å². The first-order valence-electron chi connectivity index (χ1n) is 6.46. The maximum Gasteiger partial charge on any atom is 0.223 e. The lowest BCUT2D eigenvalue weighted by Gasteiger charge is -2.24. The molecule has 1 aromatic rings. The molecule has 2 unspecified atom stereocenters. The number of hydrogen-bond donors (Lipinski definition) is 0. The maximum absolute atomic E-state index is 11.7. The lowest BCUT2D eigenvalue weighted by molar-refractivity contribution is -0.130. The number of rotatable bonds is 4. The van der Waals surface area contributed by atoms with Gasteiger partial charge in [-0.2, -0.15) is 0 Å². The van der Waals surface area contributed by atoms with E-state index in [1.165, 1.54) is 5.56 Å². The number of ether oxygens (including phenoxy) is 1. The van der Waals surface area contributed by atoms with Gasteiger partial charge in [-0.05, 0) is 12.0 Å². The van der Waals surface area contributed by atoms with E-state index in [9.17, 15) is 4.79 Å². The number of carbonyl (C=O) groups excluding carboxylic acids is 1. The summed E-state index contributed by atoms with van der Waals surface area (Å²) < 4.78 is 5.72. The van der Waals surface area contributed by atoms with Crippen LogP contribution in [0.3, 0.4) is 0 Å². The molecule has 1 fully saturated rings. The van der Waals surface area contributed by atoms with Crippen LogP contribution in [0, 0.1) is 0 Å². The van der Waals surface area contributed by atoms with E-state index >= 15 is 0 Å². The van der Waals surface area contributed by atoms with Crippen molar-refractivity contribution in [3.05, 3.63) is 48.0 Å². The summed E-state index contributed by atoms with van der Waals surface area (Å²) in [7, 11) is 0. The van der Waals surface area contributed by atoms with Gasteiger partial charge in [0.1, 0.15) is 0 Å². The van der Waals surface area contributed by atoms with Crippen LogP contribution in [0.5, 0.6) is 0 Å². The molecule has 0 aliphatic carbocycles. The number of fused-ring (bicyclic) bond motifs is 1. The van der Waals surface area contributed by atoms with Gasteiger partial charge in [-0.15, -0.1) is 0 Å².